The molecule has 1 aromatic heterocycles. The van der Waals surface area contributed by atoms with Crippen LogP contribution >= 0.6 is 0 Å². The highest BCUT2D eigenvalue weighted by molar-refractivity contribution is 6.01. The molecule has 33 heavy (non-hydrogen) atoms. The second kappa shape index (κ2) is 9.49. The Bertz CT molecular complexity index is 1290. The molecule has 5 heteroatoms. The third kappa shape index (κ3) is 4.36. The van der Waals surface area contributed by atoms with Crippen LogP contribution in [0.1, 0.15) is 43.2 Å². The molecule has 5 nitrogen and oxygen atoms in total. The summed E-state index contributed by atoms with van der Waals surface area (Å²) in [6, 6.07) is 20.1. The van der Waals surface area contributed by atoms with Crippen molar-refractivity contribution in [1.82, 2.24) is 9.88 Å². The molecule has 5 rings (SSSR count). The zero-order chi connectivity index (χ0) is 22.6. The molecule has 0 radical (unpaired) electrons. The molecule has 3 aromatic carbocycles. The van der Waals surface area contributed by atoms with Crippen molar-refractivity contribution in [3.63, 3.8) is 0 Å². The first-order chi connectivity index (χ1) is 16.2. The van der Waals surface area contributed by atoms with Gasteiger partial charge < -0.3 is 20.0 Å². The number of hydrogen-bond acceptors (Lipinski definition) is 3. The van der Waals surface area contributed by atoms with Gasteiger partial charge in [0.15, 0.2) is 6.61 Å². The molecule has 0 bridgehead atoms. The number of nitrogens with zero attached hydrogens (tertiary/aromatic N) is 1. The summed E-state index contributed by atoms with van der Waals surface area (Å²) >= 11 is 0. The molecular formula is C28H29N3O2. The van der Waals surface area contributed by atoms with Gasteiger partial charge in [-0.05, 0) is 42.0 Å². The molecule has 0 atom stereocenters. The maximum absolute atomic E-state index is 13.5. The van der Waals surface area contributed by atoms with Crippen LogP contribution in [0, 0.1) is 5.41 Å². The first-order valence-electron chi connectivity index (χ1n) is 11.7. The Morgan fingerprint density at radius 2 is 1.70 bits per heavy atom. The van der Waals surface area contributed by atoms with Gasteiger partial charge in [0.05, 0.1) is 0 Å². The molecule has 0 aliphatic heterocycles. The first-order valence-corrected chi connectivity index (χ1v) is 11.7. The number of aromatic amines is 1. The minimum Gasteiger partial charge on any atom is -0.483 e. The van der Waals surface area contributed by atoms with Crippen molar-refractivity contribution in [2.75, 3.05) is 6.61 Å². The monoisotopic (exact) mass is 439 g/mol. The van der Waals surface area contributed by atoms with Gasteiger partial charge in [-0.15, -0.1) is 0 Å². The molecule has 1 amide bonds. The fourth-order valence-electron chi connectivity index (χ4n) is 5.03. The normalized spacial score (nSPS) is 14.4. The van der Waals surface area contributed by atoms with Gasteiger partial charge in [-0.2, -0.15) is 0 Å². The molecule has 0 spiro atoms. The third-order valence-corrected chi connectivity index (χ3v) is 6.78. The highest BCUT2D eigenvalue weighted by atomic mass is 16.5. The van der Waals surface area contributed by atoms with E-state index >= 15 is 0 Å². The van der Waals surface area contributed by atoms with E-state index in [0.29, 0.717) is 12.3 Å². The van der Waals surface area contributed by atoms with E-state index < -0.39 is 0 Å². The van der Waals surface area contributed by atoms with E-state index in [-0.39, 0.29) is 18.6 Å². The van der Waals surface area contributed by atoms with E-state index in [2.05, 4.69) is 17.1 Å². The summed E-state index contributed by atoms with van der Waals surface area (Å²) in [4.78, 5) is 18.9. The van der Waals surface area contributed by atoms with Gasteiger partial charge in [0.2, 0.25) is 0 Å². The number of ether oxygens (including phenoxy) is 1. The lowest BCUT2D eigenvalue weighted by Crippen LogP contribution is -2.43. The smallest absolute Gasteiger partial charge is 0.261 e. The van der Waals surface area contributed by atoms with Crippen LogP contribution in [0.2, 0.25) is 0 Å². The Kier molecular flexibility index (Phi) is 6.11. The van der Waals surface area contributed by atoms with Gasteiger partial charge in [0, 0.05) is 46.9 Å². The molecule has 2 N–H and O–H groups in total. The minimum atomic E-state index is 0.00673. The zero-order valence-corrected chi connectivity index (χ0v) is 18.7. The van der Waals surface area contributed by atoms with Gasteiger partial charge >= 0.3 is 0 Å². The van der Waals surface area contributed by atoms with Gasteiger partial charge in [-0.25, -0.2) is 0 Å². The zero-order valence-electron chi connectivity index (χ0n) is 18.7. The highest BCUT2D eigenvalue weighted by Gasteiger charge is 2.27. The van der Waals surface area contributed by atoms with Crippen LogP contribution < -0.4 is 4.74 Å². The topological polar surface area (TPSA) is 69.2 Å². The third-order valence-electron chi connectivity index (χ3n) is 6.78. The van der Waals surface area contributed by atoms with Crippen LogP contribution in [0.4, 0.5) is 0 Å². The van der Waals surface area contributed by atoms with Gasteiger partial charge in [0.25, 0.3) is 5.91 Å². The Labute approximate surface area is 193 Å². The predicted molar refractivity (Wildman–Crippen MR) is 133 cm³/mol. The van der Waals surface area contributed by atoms with Gasteiger partial charge in [0.1, 0.15) is 5.75 Å². The molecule has 4 aromatic rings. The van der Waals surface area contributed by atoms with E-state index in [1.807, 2.05) is 59.6 Å². The number of rotatable bonds is 7. The number of fused-ring (bicyclic) bond motifs is 2. The number of carbonyl (C=O) groups is 1. The van der Waals surface area contributed by atoms with Crippen molar-refractivity contribution < 1.29 is 9.53 Å². The fourth-order valence-corrected chi connectivity index (χ4v) is 5.03. The maximum atomic E-state index is 13.5. The van der Waals surface area contributed by atoms with E-state index in [9.17, 15) is 4.79 Å². The number of aromatic nitrogens is 1. The van der Waals surface area contributed by atoms with E-state index in [0.717, 1.165) is 40.3 Å². The van der Waals surface area contributed by atoms with Gasteiger partial charge in [-0.3, -0.25) is 4.79 Å². The summed E-state index contributed by atoms with van der Waals surface area (Å²) in [6.45, 7) is 0.594. The second-order valence-electron chi connectivity index (χ2n) is 8.80. The number of carbonyl (C=O) groups excluding carboxylic acids is 1. The molecule has 0 saturated heterocycles. The average molecular weight is 440 g/mol. The Morgan fingerprint density at radius 3 is 2.48 bits per heavy atom. The maximum Gasteiger partial charge on any atom is 0.261 e. The quantitative estimate of drug-likeness (QED) is 0.344. The van der Waals surface area contributed by atoms with Crippen molar-refractivity contribution in [3.05, 3.63) is 78.0 Å². The van der Waals surface area contributed by atoms with Crippen LogP contribution in [0.25, 0.3) is 21.7 Å². The first kappa shape index (κ1) is 21.3. The number of H-pyrrole nitrogens is 1. The molecule has 0 unspecified atom stereocenters. The SMILES string of the molecule is N=Cc1ccc(OCC(=O)N(Cc2c[nH]c3ccccc23)C2CCCCC2)c2ccccc12. The van der Waals surface area contributed by atoms with Crippen LogP contribution in [0.3, 0.4) is 0 Å². The van der Waals surface area contributed by atoms with Crippen molar-refractivity contribution in [3.8, 4) is 5.75 Å². The highest BCUT2D eigenvalue weighted by Crippen LogP contribution is 2.29. The number of benzene rings is 3. The number of amides is 1. The van der Waals surface area contributed by atoms with Crippen molar-refractivity contribution in [2.45, 2.75) is 44.7 Å². The van der Waals surface area contributed by atoms with E-state index in [1.54, 1.807) is 0 Å². The van der Waals surface area contributed by atoms with Crippen molar-refractivity contribution >= 4 is 33.8 Å². The fraction of sp³-hybridized carbons (Fsp3) is 0.286. The predicted octanol–water partition coefficient (Wildman–Crippen LogP) is 6.06. The number of para-hydroxylation sites is 1. The molecule has 1 heterocycles. The summed E-state index contributed by atoms with van der Waals surface area (Å²) in [5.41, 5.74) is 3.08. The lowest BCUT2D eigenvalue weighted by Gasteiger charge is -2.34. The van der Waals surface area contributed by atoms with Crippen molar-refractivity contribution in [2.24, 2.45) is 0 Å². The lowest BCUT2D eigenvalue weighted by molar-refractivity contribution is -0.137. The minimum absolute atomic E-state index is 0.00673. The van der Waals surface area contributed by atoms with Crippen LogP contribution in [-0.4, -0.2) is 34.7 Å². The van der Waals surface area contributed by atoms with E-state index in [4.69, 9.17) is 10.1 Å². The molecule has 1 aliphatic rings. The van der Waals surface area contributed by atoms with E-state index in [1.165, 1.54) is 30.9 Å². The average Bonchev–Trinajstić information content (AvgIpc) is 3.29. The molecule has 1 fully saturated rings. The summed E-state index contributed by atoms with van der Waals surface area (Å²) < 4.78 is 6.08. The number of hydrogen-bond donors (Lipinski definition) is 2. The summed E-state index contributed by atoms with van der Waals surface area (Å²) in [6.07, 6.45) is 9.04. The largest absolute Gasteiger partial charge is 0.483 e. The molecule has 1 saturated carbocycles. The molecular weight excluding hydrogens is 410 g/mol. The van der Waals surface area contributed by atoms with Gasteiger partial charge in [-0.1, -0.05) is 61.7 Å². The Balaban J connectivity index is 1.38. The summed E-state index contributed by atoms with van der Waals surface area (Å²) in [5, 5.41) is 10.7. The number of nitrogens with one attached hydrogen (secondary N) is 2. The van der Waals surface area contributed by atoms with Crippen LogP contribution in [0.5, 0.6) is 5.75 Å². The summed E-state index contributed by atoms with van der Waals surface area (Å²) in [5.74, 6) is 0.702. The molecule has 1 aliphatic carbocycles. The Hall–Kier alpha value is -3.60. The Morgan fingerprint density at radius 1 is 0.970 bits per heavy atom. The van der Waals surface area contributed by atoms with Crippen LogP contribution in [-0.2, 0) is 11.3 Å². The van der Waals surface area contributed by atoms with Crippen LogP contribution in [0.15, 0.2) is 66.9 Å². The van der Waals surface area contributed by atoms with Crippen molar-refractivity contribution in [1.29, 1.82) is 5.41 Å². The lowest BCUT2D eigenvalue weighted by atomic mass is 9.93. The summed E-state index contributed by atoms with van der Waals surface area (Å²) in [7, 11) is 0. The second-order valence-corrected chi connectivity index (χ2v) is 8.80. The molecule has 168 valence electrons. The standard InChI is InChI=1S/C28H29N3O2/c29-16-20-14-15-27(25-12-5-4-10-23(20)25)33-19-28(32)31(22-8-2-1-3-9-22)18-21-17-30-26-13-7-6-11-24(21)26/h4-7,10-17,22,29-30H,1-3,8-9,18-19H2.